The summed E-state index contributed by atoms with van der Waals surface area (Å²) in [6.07, 6.45) is 4.61. The molecule has 0 aliphatic carbocycles. The van der Waals surface area contributed by atoms with Crippen LogP contribution in [0.25, 0.3) is 0 Å². The molecule has 0 amide bonds. The van der Waals surface area contributed by atoms with Crippen molar-refractivity contribution in [1.29, 1.82) is 0 Å². The van der Waals surface area contributed by atoms with Crippen molar-refractivity contribution in [2.45, 2.75) is 12.5 Å². The van der Waals surface area contributed by atoms with Crippen molar-refractivity contribution in [1.82, 2.24) is 10.3 Å². The number of pyridine rings is 1. The molecule has 1 aromatic rings. The van der Waals surface area contributed by atoms with Gasteiger partial charge in [0.15, 0.2) is 0 Å². The topological polar surface area (TPSA) is 34.1 Å². The maximum atomic E-state index is 5.04. The van der Waals surface area contributed by atoms with Gasteiger partial charge in [0.1, 0.15) is 0 Å². The summed E-state index contributed by atoms with van der Waals surface area (Å²) in [4.78, 5) is 3.98. The minimum atomic E-state index is 0.364. The fraction of sp³-hybridized carbons (Fsp3) is 0.500. The number of nitrogens with zero attached hydrogens (tertiary/aromatic N) is 1. The highest BCUT2D eigenvalue weighted by atomic mass is 16.5. The molecule has 1 rings (SSSR count). The zero-order chi connectivity index (χ0) is 9.52. The summed E-state index contributed by atoms with van der Waals surface area (Å²) >= 11 is 0. The van der Waals surface area contributed by atoms with E-state index in [1.165, 1.54) is 5.56 Å². The molecule has 0 spiro atoms. The van der Waals surface area contributed by atoms with E-state index in [1.807, 2.05) is 31.6 Å². The average Bonchev–Trinajstić information content (AvgIpc) is 2.21. The van der Waals surface area contributed by atoms with E-state index in [-0.39, 0.29) is 0 Å². The van der Waals surface area contributed by atoms with Crippen molar-refractivity contribution >= 4 is 0 Å². The van der Waals surface area contributed by atoms with Gasteiger partial charge in [-0.3, -0.25) is 4.98 Å². The Labute approximate surface area is 79.1 Å². The first kappa shape index (κ1) is 10.2. The van der Waals surface area contributed by atoms with E-state index in [0.29, 0.717) is 6.04 Å². The number of methoxy groups -OCH3 is 1. The van der Waals surface area contributed by atoms with Crippen LogP contribution in [0.3, 0.4) is 0 Å². The third-order valence-electron chi connectivity index (χ3n) is 2.07. The van der Waals surface area contributed by atoms with Crippen LogP contribution >= 0.6 is 0 Å². The summed E-state index contributed by atoms with van der Waals surface area (Å²) in [5.41, 5.74) is 1.26. The largest absolute Gasteiger partial charge is 0.385 e. The van der Waals surface area contributed by atoms with Crippen LogP contribution in [0.4, 0.5) is 0 Å². The molecule has 1 aromatic heterocycles. The van der Waals surface area contributed by atoms with Gasteiger partial charge < -0.3 is 10.1 Å². The Kier molecular flexibility index (Phi) is 4.43. The Morgan fingerprint density at radius 2 is 2.15 bits per heavy atom. The number of rotatable bonds is 5. The number of aromatic nitrogens is 1. The zero-order valence-corrected chi connectivity index (χ0v) is 8.16. The standard InChI is InChI=1S/C10H16N2O/c1-11-10(5-8-13-2)9-3-6-12-7-4-9/h3-4,6-7,10-11H,5,8H2,1-2H3. The Morgan fingerprint density at radius 3 is 2.69 bits per heavy atom. The fourth-order valence-corrected chi connectivity index (χ4v) is 1.31. The molecule has 1 N–H and O–H groups in total. The maximum Gasteiger partial charge on any atom is 0.0480 e. The van der Waals surface area contributed by atoms with Gasteiger partial charge in [-0.15, -0.1) is 0 Å². The maximum absolute atomic E-state index is 5.04. The van der Waals surface area contributed by atoms with Crippen LogP contribution in [-0.2, 0) is 4.74 Å². The van der Waals surface area contributed by atoms with Crippen LogP contribution < -0.4 is 5.32 Å². The predicted molar refractivity (Wildman–Crippen MR) is 52.5 cm³/mol. The molecule has 1 unspecified atom stereocenters. The molecule has 0 aliphatic rings. The molecule has 0 bridgehead atoms. The van der Waals surface area contributed by atoms with Gasteiger partial charge in [-0.1, -0.05) is 0 Å². The first-order chi connectivity index (χ1) is 6.38. The smallest absolute Gasteiger partial charge is 0.0480 e. The number of ether oxygens (including phenoxy) is 1. The highest BCUT2D eigenvalue weighted by Gasteiger charge is 2.07. The molecule has 1 atom stereocenters. The second-order valence-corrected chi connectivity index (χ2v) is 2.90. The summed E-state index contributed by atoms with van der Waals surface area (Å²) in [7, 11) is 3.68. The van der Waals surface area contributed by atoms with Crippen molar-refractivity contribution in [2.24, 2.45) is 0 Å². The summed E-state index contributed by atoms with van der Waals surface area (Å²) in [5.74, 6) is 0. The highest BCUT2D eigenvalue weighted by Crippen LogP contribution is 2.14. The van der Waals surface area contributed by atoms with E-state index < -0.39 is 0 Å². The van der Waals surface area contributed by atoms with Gasteiger partial charge in [0.2, 0.25) is 0 Å². The number of hydrogen-bond donors (Lipinski definition) is 1. The molecule has 0 saturated heterocycles. The third-order valence-corrected chi connectivity index (χ3v) is 2.07. The molecule has 3 heteroatoms. The molecule has 0 fully saturated rings. The Morgan fingerprint density at radius 1 is 1.46 bits per heavy atom. The normalized spacial score (nSPS) is 12.8. The summed E-state index contributed by atoms with van der Waals surface area (Å²) in [5, 5.41) is 3.25. The van der Waals surface area contributed by atoms with E-state index >= 15 is 0 Å². The second kappa shape index (κ2) is 5.67. The third kappa shape index (κ3) is 3.13. The monoisotopic (exact) mass is 180 g/mol. The molecule has 1 heterocycles. The van der Waals surface area contributed by atoms with Crippen LogP contribution in [0, 0.1) is 0 Å². The average molecular weight is 180 g/mol. The van der Waals surface area contributed by atoms with Crippen molar-refractivity contribution < 1.29 is 4.74 Å². The van der Waals surface area contributed by atoms with Gasteiger partial charge >= 0.3 is 0 Å². The van der Waals surface area contributed by atoms with Gasteiger partial charge in [0, 0.05) is 32.2 Å². The quantitative estimate of drug-likeness (QED) is 0.743. The number of nitrogens with one attached hydrogen (secondary N) is 1. The Balaban J connectivity index is 2.56. The van der Waals surface area contributed by atoms with Crippen LogP contribution in [0.1, 0.15) is 18.0 Å². The second-order valence-electron chi connectivity index (χ2n) is 2.90. The van der Waals surface area contributed by atoms with Crippen LogP contribution in [0.15, 0.2) is 24.5 Å². The molecular weight excluding hydrogens is 164 g/mol. The lowest BCUT2D eigenvalue weighted by Gasteiger charge is -2.15. The minimum absolute atomic E-state index is 0.364. The summed E-state index contributed by atoms with van der Waals surface area (Å²) in [6.45, 7) is 0.772. The highest BCUT2D eigenvalue weighted by molar-refractivity contribution is 5.14. The van der Waals surface area contributed by atoms with E-state index in [0.717, 1.165) is 13.0 Å². The van der Waals surface area contributed by atoms with Gasteiger partial charge in [-0.05, 0) is 31.2 Å². The lowest BCUT2D eigenvalue weighted by Crippen LogP contribution is -2.17. The lowest BCUT2D eigenvalue weighted by molar-refractivity contribution is 0.184. The van der Waals surface area contributed by atoms with E-state index in [2.05, 4.69) is 10.3 Å². The predicted octanol–water partition coefficient (Wildman–Crippen LogP) is 1.38. The summed E-state index contributed by atoms with van der Waals surface area (Å²) in [6, 6.07) is 4.41. The molecule has 0 aromatic carbocycles. The van der Waals surface area contributed by atoms with Gasteiger partial charge in [0.05, 0.1) is 0 Å². The van der Waals surface area contributed by atoms with E-state index in [9.17, 15) is 0 Å². The van der Waals surface area contributed by atoms with Crippen molar-refractivity contribution in [3.05, 3.63) is 30.1 Å². The van der Waals surface area contributed by atoms with Crippen LogP contribution in [-0.4, -0.2) is 25.7 Å². The molecule has 3 nitrogen and oxygen atoms in total. The Hall–Kier alpha value is -0.930. The molecule has 0 saturated carbocycles. The number of hydrogen-bond acceptors (Lipinski definition) is 3. The first-order valence-corrected chi connectivity index (χ1v) is 4.44. The zero-order valence-electron chi connectivity index (χ0n) is 8.16. The molecule has 72 valence electrons. The van der Waals surface area contributed by atoms with E-state index in [1.54, 1.807) is 7.11 Å². The molecule has 0 aliphatic heterocycles. The lowest BCUT2D eigenvalue weighted by atomic mass is 10.1. The molecular formula is C10H16N2O. The van der Waals surface area contributed by atoms with Crippen LogP contribution in [0.2, 0.25) is 0 Å². The van der Waals surface area contributed by atoms with Crippen molar-refractivity contribution in [3.63, 3.8) is 0 Å². The van der Waals surface area contributed by atoms with Gasteiger partial charge in [0.25, 0.3) is 0 Å². The molecule has 13 heavy (non-hydrogen) atoms. The van der Waals surface area contributed by atoms with Crippen LogP contribution in [0.5, 0.6) is 0 Å². The van der Waals surface area contributed by atoms with Gasteiger partial charge in [-0.2, -0.15) is 0 Å². The molecule has 0 radical (unpaired) electrons. The minimum Gasteiger partial charge on any atom is -0.385 e. The van der Waals surface area contributed by atoms with Gasteiger partial charge in [-0.25, -0.2) is 0 Å². The Bertz CT molecular complexity index is 226. The van der Waals surface area contributed by atoms with E-state index in [4.69, 9.17) is 4.74 Å². The summed E-state index contributed by atoms with van der Waals surface area (Å²) < 4.78 is 5.04. The first-order valence-electron chi connectivity index (χ1n) is 4.44. The van der Waals surface area contributed by atoms with Crippen molar-refractivity contribution in [2.75, 3.05) is 20.8 Å². The fourth-order valence-electron chi connectivity index (χ4n) is 1.31. The SMILES string of the molecule is CNC(CCOC)c1ccncc1. The van der Waals surface area contributed by atoms with Crippen molar-refractivity contribution in [3.8, 4) is 0 Å².